The Morgan fingerprint density at radius 3 is 2.70 bits per heavy atom. The van der Waals surface area contributed by atoms with E-state index in [0.29, 0.717) is 31.9 Å². The second-order valence-corrected chi connectivity index (χ2v) is 7.45. The molecule has 8 nitrogen and oxygen atoms in total. The minimum absolute atomic E-state index is 0.0297. The highest BCUT2D eigenvalue weighted by Crippen LogP contribution is 2.23. The SMILES string of the molecule is Cc1cc(C)n(C2CN(C(=O)NC3CCCN(C(=O)c4ccco4)C3)C2)n1. The highest BCUT2D eigenvalue weighted by atomic mass is 16.3. The van der Waals surface area contributed by atoms with E-state index in [4.69, 9.17) is 4.42 Å². The molecule has 0 bridgehead atoms. The van der Waals surface area contributed by atoms with Crippen LogP contribution in [0, 0.1) is 13.8 Å². The Balaban J connectivity index is 1.29. The van der Waals surface area contributed by atoms with Crippen LogP contribution in [0.1, 0.15) is 40.8 Å². The Hall–Kier alpha value is -2.77. The summed E-state index contributed by atoms with van der Waals surface area (Å²) in [4.78, 5) is 28.5. The highest BCUT2D eigenvalue weighted by molar-refractivity contribution is 5.91. The molecule has 2 fully saturated rings. The zero-order valence-electron chi connectivity index (χ0n) is 15.7. The molecule has 0 spiro atoms. The molecule has 1 unspecified atom stereocenters. The van der Waals surface area contributed by atoms with Crippen molar-refractivity contribution in [2.24, 2.45) is 0 Å². The number of carbonyl (C=O) groups excluding carboxylic acids is 2. The molecule has 2 aliphatic rings. The summed E-state index contributed by atoms with van der Waals surface area (Å²) in [7, 11) is 0. The van der Waals surface area contributed by atoms with E-state index in [1.54, 1.807) is 21.9 Å². The van der Waals surface area contributed by atoms with E-state index in [9.17, 15) is 9.59 Å². The van der Waals surface area contributed by atoms with Gasteiger partial charge in [0.2, 0.25) is 0 Å². The van der Waals surface area contributed by atoms with Crippen LogP contribution in [-0.4, -0.2) is 63.7 Å². The summed E-state index contributed by atoms with van der Waals surface area (Å²) in [5.74, 6) is 0.227. The van der Waals surface area contributed by atoms with Crippen LogP contribution in [0.25, 0.3) is 0 Å². The number of hydrogen-bond donors (Lipinski definition) is 1. The predicted octanol–water partition coefficient (Wildman–Crippen LogP) is 1.96. The first-order valence-electron chi connectivity index (χ1n) is 9.42. The fourth-order valence-electron chi connectivity index (χ4n) is 3.89. The van der Waals surface area contributed by atoms with Crippen molar-refractivity contribution >= 4 is 11.9 Å². The van der Waals surface area contributed by atoms with Crippen molar-refractivity contribution in [2.75, 3.05) is 26.2 Å². The fourth-order valence-corrected chi connectivity index (χ4v) is 3.89. The lowest BCUT2D eigenvalue weighted by Gasteiger charge is -2.41. The van der Waals surface area contributed by atoms with E-state index in [0.717, 1.165) is 24.2 Å². The van der Waals surface area contributed by atoms with Gasteiger partial charge in [0.15, 0.2) is 5.76 Å². The molecule has 0 aromatic carbocycles. The minimum atomic E-state index is -0.118. The molecule has 3 amide bonds. The van der Waals surface area contributed by atoms with Gasteiger partial charge in [0.05, 0.1) is 18.0 Å². The minimum Gasteiger partial charge on any atom is -0.459 e. The molecule has 144 valence electrons. The Morgan fingerprint density at radius 2 is 2.04 bits per heavy atom. The number of nitrogens with one attached hydrogen (secondary N) is 1. The van der Waals surface area contributed by atoms with Crippen LogP contribution in [0.2, 0.25) is 0 Å². The lowest BCUT2D eigenvalue weighted by Crippen LogP contribution is -2.58. The normalized spacial score (nSPS) is 20.4. The third-order valence-corrected chi connectivity index (χ3v) is 5.31. The van der Waals surface area contributed by atoms with Crippen LogP contribution in [0.3, 0.4) is 0 Å². The molecule has 1 N–H and O–H groups in total. The van der Waals surface area contributed by atoms with E-state index in [1.807, 2.05) is 18.5 Å². The van der Waals surface area contributed by atoms with Crippen LogP contribution >= 0.6 is 0 Å². The number of hydrogen-bond acceptors (Lipinski definition) is 4. The summed E-state index contributed by atoms with van der Waals surface area (Å²) < 4.78 is 7.20. The summed E-state index contributed by atoms with van der Waals surface area (Å²) in [6.45, 7) is 6.54. The maximum Gasteiger partial charge on any atom is 0.317 e. The van der Waals surface area contributed by atoms with Gasteiger partial charge < -0.3 is 19.5 Å². The van der Waals surface area contributed by atoms with Gasteiger partial charge in [0.25, 0.3) is 5.91 Å². The standard InChI is InChI=1S/C19H25N5O3/c1-13-9-14(2)24(21-13)16-11-23(12-16)19(26)20-15-5-3-7-22(10-15)18(25)17-6-4-8-27-17/h4,6,8-9,15-16H,3,5,7,10-12H2,1-2H3,(H,20,26). The predicted molar refractivity (Wildman–Crippen MR) is 98.5 cm³/mol. The first-order chi connectivity index (χ1) is 13.0. The largest absolute Gasteiger partial charge is 0.459 e. The molecule has 2 saturated heterocycles. The van der Waals surface area contributed by atoms with Crippen LogP contribution in [0.15, 0.2) is 28.9 Å². The van der Waals surface area contributed by atoms with Crippen molar-refractivity contribution < 1.29 is 14.0 Å². The molecule has 2 aromatic heterocycles. The zero-order valence-corrected chi connectivity index (χ0v) is 15.7. The van der Waals surface area contributed by atoms with Crippen LogP contribution in [0.4, 0.5) is 4.79 Å². The van der Waals surface area contributed by atoms with Gasteiger partial charge in [-0.2, -0.15) is 5.10 Å². The van der Waals surface area contributed by atoms with Crippen LogP contribution in [-0.2, 0) is 0 Å². The second kappa shape index (κ2) is 7.09. The van der Waals surface area contributed by atoms with Crippen molar-refractivity contribution in [3.05, 3.63) is 41.6 Å². The number of rotatable bonds is 3. The summed E-state index contributed by atoms with van der Waals surface area (Å²) in [6, 6.07) is 5.58. The van der Waals surface area contributed by atoms with E-state index >= 15 is 0 Å². The summed E-state index contributed by atoms with van der Waals surface area (Å²) in [5, 5.41) is 7.58. The van der Waals surface area contributed by atoms with Gasteiger partial charge in [-0.3, -0.25) is 9.48 Å². The smallest absolute Gasteiger partial charge is 0.317 e. The molecule has 4 rings (SSSR count). The first-order valence-corrected chi connectivity index (χ1v) is 9.42. The number of amides is 3. The number of likely N-dealkylation sites (tertiary alicyclic amines) is 2. The zero-order chi connectivity index (χ0) is 19.0. The molecule has 0 radical (unpaired) electrons. The Kier molecular flexibility index (Phi) is 4.63. The number of urea groups is 1. The molecule has 27 heavy (non-hydrogen) atoms. The van der Waals surface area contributed by atoms with E-state index in [2.05, 4.69) is 16.5 Å². The van der Waals surface area contributed by atoms with Crippen molar-refractivity contribution in [2.45, 2.75) is 38.8 Å². The second-order valence-electron chi connectivity index (χ2n) is 7.45. The molecule has 0 aliphatic carbocycles. The van der Waals surface area contributed by atoms with Crippen molar-refractivity contribution in [1.29, 1.82) is 0 Å². The Bertz CT molecular complexity index is 823. The number of nitrogens with zero attached hydrogens (tertiary/aromatic N) is 4. The van der Waals surface area contributed by atoms with Gasteiger partial charge in [0, 0.05) is 37.9 Å². The molecule has 4 heterocycles. The average molecular weight is 371 g/mol. The van der Waals surface area contributed by atoms with Gasteiger partial charge in [-0.05, 0) is 44.9 Å². The lowest BCUT2D eigenvalue weighted by molar-refractivity contribution is 0.0653. The van der Waals surface area contributed by atoms with Gasteiger partial charge in [-0.25, -0.2) is 4.79 Å². The number of aryl methyl sites for hydroxylation is 2. The molecule has 2 aromatic rings. The Labute approximate surface area is 158 Å². The van der Waals surface area contributed by atoms with Gasteiger partial charge in [0.1, 0.15) is 0 Å². The summed E-state index contributed by atoms with van der Waals surface area (Å²) in [6.07, 6.45) is 3.24. The Morgan fingerprint density at radius 1 is 1.22 bits per heavy atom. The molecule has 0 saturated carbocycles. The van der Waals surface area contributed by atoms with E-state index < -0.39 is 0 Å². The van der Waals surface area contributed by atoms with Gasteiger partial charge in [-0.15, -0.1) is 0 Å². The van der Waals surface area contributed by atoms with Crippen LogP contribution in [0.5, 0.6) is 0 Å². The number of furan rings is 1. The molecule has 8 heteroatoms. The number of piperidine rings is 1. The fraction of sp³-hybridized carbons (Fsp3) is 0.526. The molecular weight excluding hydrogens is 346 g/mol. The summed E-state index contributed by atoms with van der Waals surface area (Å²) >= 11 is 0. The van der Waals surface area contributed by atoms with E-state index in [-0.39, 0.29) is 24.0 Å². The maximum atomic E-state index is 12.5. The van der Waals surface area contributed by atoms with Crippen molar-refractivity contribution in [1.82, 2.24) is 24.9 Å². The van der Waals surface area contributed by atoms with Crippen molar-refractivity contribution in [3.63, 3.8) is 0 Å². The highest BCUT2D eigenvalue weighted by Gasteiger charge is 2.35. The maximum absolute atomic E-state index is 12.5. The topological polar surface area (TPSA) is 83.6 Å². The van der Waals surface area contributed by atoms with Gasteiger partial charge in [-0.1, -0.05) is 0 Å². The summed E-state index contributed by atoms with van der Waals surface area (Å²) in [5.41, 5.74) is 2.12. The van der Waals surface area contributed by atoms with Gasteiger partial charge >= 0.3 is 6.03 Å². The van der Waals surface area contributed by atoms with Crippen molar-refractivity contribution in [3.8, 4) is 0 Å². The quantitative estimate of drug-likeness (QED) is 0.894. The lowest BCUT2D eigenvalue weighted by atomic mass is 10.1. The molecular formula is C19H25N5O3. The first kappa shape index (κ1) is 17.6. The van der Waals surface area contributed by atoms with Crippen LogP contribution < -0.4 is 5.32 Å². The average Bonchev–Trinajstić information content (AvgIpc) is 3.23. The molecule has 1 atom stereocenters. The van der Waals surface area contributed by atoms with E-state index in [1.165, 1.54) is 6.26 Å². The number of carbonyl (C=O) groups is 2. The third kappa shape index (κ3) is 3.56. The molecule has 2 aliphatic heterocycles. The monoisotopic (exact) mass is 371 g/mol. The third-order valence-electron chi connectivity index (χ3n) is 5.31. The number of aromatic nitrogens is 2.